The summed E-state index contributed by atoms with van der Waals surface area (Å²) in [5.74, 6) is 0.865. The van der Waals surface area contributed by atoms with Crippen LogP contribution in [0.4, 0.5) is 4.39 Å². The predicted octanol–water partition coefficient (Wildman–Crippen LogP) is 2.84. The van der Waals surface area contributed by atoms with Crippen molar-refractivity contribution in [1.29, 1.82) is 0 Å². The van der Waals surface area contributed by atoms with Crippen LogP contribution < -0.4 is 10.1 Å². The molecule has 0 aliphatic carbocycles. The number of rotatable bonds is 6. The van der Waals surface area contributed by atoms with Crippen LogP contribution >= 0.6 is 0 Å². The summed E-state index contributed by atoms with van der Waals surface area (Å²) in [4.78, 5) is 0. The summed E-state index contributed by atoms with van der Waals surface area (Å²) in [6, 6.07) is 6.54. The molecule has 90 valence electrons. The Kier molecular flexibility index (Phi) is 5.26. The number of nitrogens with one attached hydrogen (secondary N) is 1. The smallest absolute Gasteiger partial charge is 0.126 e. The zero-order valence-electron chi connectivity index (χ0n) is 10.2. The van der Waals surface area contributed by atoms with E-state index in [0.717, 1.165) is 6.42 Å². The van der Waals surface area contributed by atoms with Crippen LogP contribution in [-0.4, -0.2) is 19.7 Å². The van der Waals surface area contributed by atoms with E-state index in [4.69, 9.17) is 4.74 Å². The van der Waals surface area contributed by atoms with Crippen LogP contribution in [0, 0.1) is 11.7 Å². The zero-order valence-corrected chi connectivity index (χ0v) is 10.2. The maximum Gasteiger partial charge on any atom is 0.126 e. The molecule has 0 aliphatic rings. The molecular weight excluding hydrogens is 205 g/mol. The first-order valence-electron chi connectivity index (χ1n) is 5.73. The van der Waals surface area contributed by atoms with Crippen molar-refractivity contribution < 1.29 is 9.13 Å². The van der Waals surface area contributed by atoms with Gasteiger partial charge in [0.25, 0.3) is 0 Å². The van der Waals surface area contributed by atoms with Crippen molar-refractivity contribution in [3.8, 4) is 5.75 Å². The lowest BCUT2D eigenvalue weighted by atomic mass is 10.0. The molecule has 0 aromatic heterocycles. The minimum Gasteiger partial charge on any atom is -0.492 e. The quantitative estimate of drug-likeness (QED) is 0.803. The molecule has 0 spiro atoms. The fourth-order valence-electron chi connectivity index (χ4n) is 1.56. The molecule has 1 aromatic rings. The van der Waals surface area contributed by atoms with Crippen LogP contribution in [0.5, 0.6) is 5.75 Å². The summed E-state index contributed by atoms with van der Waals surface area (Å²) in [5.41, 5.74) is 0. The Morgan fingerprint density at radius 3 is 2.75 bits per heavy atom. The van der Waals surface area contributed by atoms with E-state index in [1.54, 1.807) is 12.1 Å². The Hall–Kier alpha value is -1.09. The van der Waals surface area contributed by atoms with E-state index in [1.807, 2.05) is 7.05 Å². The van der Waals surface area contributed by atoms with Crippen molar-refractivity contribution in [3.05, 3.63) is 30.1 Å². The summed E-state index contributed by atoms with van der Waals surface area (Å²) in [6.45, 7) is 4.89. The summed E-state index contributed by atoms with van der Waals surface area (Å²) in [5, 5.41) is 3.22. The third-order valence-corrected chi connectivity index (χ3v) is 2.93. The fraction of sp³-hybridized carbons (Fsp3) is 0.538. The molecule has 0 saturated heterocycles. The first-order valence-corrected chi connectivity index (χ1v) is 5.73. The van der Waals surface area contributed by atoms with E-state index in [-0.39, 0.29) is 5.82 Å². The Labute approximate surface area is 96.8 Å². The van der Waals surface area contributed by atoms with Gasteiger partial charge in [0.15, 0.2) is 0 Å². The molecule has 0 radical (unpaired) electrons. The highest BCUT2D eigenvalue weighted by molar-refractivity contribution is 5.22. The number of hydrogen-bond donors (Lipinski definition) is 1. The van der Waals surface area contributed by atoms with E-state index < -0.39 is 0 Å². The van der Waals surface area contributed by atoms with Gasteiger partial charge >= 0.3 is 0 Å². The van der Waals surface area contributed by atoms with Gasteiger partial charge in [0, 0.05) is 12.1 Å². The molecule has 0 fully saturated rings. The minimum atomic E-state index is -0.262. The normalized spacial score (nSPS) is 14.5. The summed E-state index contributed by atoms with van der Waals surface area (Å²) >= 11 is 0. The molecule has 2 atom stereocenters. The lowest BCUT2D eigenvalue weighted by Gasteiger charge is -2.22. The lowest BCUT2D eigenvalue weighted by molar-refractivity contribution is 0.227. The number of halogens is 1. The van der Waals surface area contributed by atoms with E-state index in [0.29, 0.717) is 24.3 Å². The highest BCUT2D eigenvalue weighted by Crippen LogP contribution is 2.14. The second-order valence-corrected chi connectivity index (χ2v) is 4.05. The molecule has 0 bridgehead atoms. The molecule has 16 heavy (non-hydrogen) atoms. The van der Waals surface area contributed by atoms with Crippen molar-refractivity contribution in [1.82, 2.24) is 5.32 Å². The summed E-state index contributed by atoms with van der Waals surface area (Å²) in [6.07, 6.45) is 1.10. The second kappa shape index (κ2) is 6.48. The number of ether oxygens (including phenoxy) is 1. The van der Waals surface area contributed by atoms with Gasteiger partial charge in [-0.2, -0.15) is 0 Å². The lowest BCUT2D eigenvalue weighted by Crippen LogP contribution is -2.37. The van der Waals surface area contributed by atoms with Gasteiger partial charge in [0.2, 0.25) is 0 Å². The summed E-state index contributed by atoms with van der Waals surface area (Å²) < 4.78 is 18.5. The number of likely N-dealkylation sites (N-methyl/N-ethyl adjacent to an activating group) is 1. The molecule has 1 N–H and O–H groups in total. The van der Waals surface area contributed by atoms with Gasteiger partial charge < -0.3 is 10.1 Å². The van der Waals surface area contributed by atoms with Crippen molar-refractivity contribution in [2.45, 2.75) is 26.3 Å². The topological polar surface area (TPSA) is 21.3 Å². The third-order valence-electron chi connectivity index (χ3n) is 2.93. The van der Waals surface area contributed by atoms with Gasteiger partial charge in [-0.1, -0.05) is 26.3 Å². The number of benzene rings is 1. The van der Waals surface area contributed by atoms with Crippen LogP contribution in [-0.2, 0) is 0 Å². The summed E-state index contributed by atoms with van der Waals surface area (Å²) in [7, 11) is 1.92. The SMILES string of the molecule is CCC(C)C(COc1cccc(F)c1)NC. The van der Waals surface area contributed by atoms with Gasteiger partial charge in [-0.3, -0.25) is 0 Å². The first-order chi connectivity index (χ1) is 7.67. The number of hydrogen-bond acceptors (Lipinski definition) is 2. The van der Waals surface area contributed by atoms with Crippen molar-refractivity contribution in [3.63, 3.8) is 0 Å². The Morgan fingerprint density at radius 1 is 1.44 bits per heavy atom. The molecule has 0 amide bonds. The standard InChI is InChI=1S/C13H20FNO/c1-4-10(2)13(15-3)9-16-12-7-5-6-11(14)8-12/h5-8,10,13,15H,4,9H2,1-3H3. The Bertz CT molecular complexity index is 317. The molecule has 0 heterocycles. The van der Waals surface area contributed by atoms with E-state index in [2.05, 4.69) is 19.2 Å². The van der Waals surface area contributed by atoms with Crippen LogP contribution in [0.15, 0.2) is 24.3 Å². The Balaban J connectivity index is 2.49. The fourth-order valence-corrected chi connectivity index (χ4v) is 1.56. The molecule has 2 unspecified atom stereocenters. The molecule has 0 aliphatic heterocycles. The molecular formula is C13H20FNO. The average Bonchev–Trinajstić information content (AvgIpc) is 2.29. The van der Waals surface area contributed by atoms with Crippen molar-refractivity contribution >= 4 is 0 Å². The highest BCUT2D eigenvalue weighted by atomic mass is 19.1. The van der Waals surface area contributed by atoms with E-state index >= 15 is 0 Å². The van der Waals surface area contributed by atoms with E-state index in [9.17, 15) is 4.39 Å². The van der Waals surface area contributed by atoms with E-state index in [1.165, 1.54) is 12.1 Å². The molecule has 1 aromatic carbocycles. The molecule has 2 nitrogen and oxygen atoms in total. The minimum absolute atomic E-state index is 0.262. The van der Waals surface area contributed by atoms with Gasteiger partial charge in [-0.05, 0) is 25.1 Å². The largest absolute Gasteiger partial charge is 0.492 e. The Morgan fingerprint density at radius 2 is 2.19 bits per heavy atom. The van der Waals surface area contributed by atoms with Gasteiger partial charge in [-0.15, -0.1) is 0 Å². The van der Waals surface area contributed by atoms with Crippen LogP contribution in [0.3, 0.4) is 0 Å². The molecule has 3 heteroatoms. The zero-order chi connectivity index (χ0) is 12.0. The van der Waals surface area contributed by atoms with Crippen LogP contribution in [0.25, 0.3) is 0 Å². The van der Waals surface area contributed by atoms with Gasteiger partial charge in [-0.25, -0.2) is 4.39 Å². The predicted molar refractivity (Wildman–Crippen MR) is 64.2 cm³/mol. The third kappa shape index (κ3) is 3.81. The van der Waals surface area contributed by atoms with Crippen LogP contribution in [0.1, 0.15) is 20.3 Å². The maximum absolute atomic E-state index is 12.9. The maximum atomic E-state index is 12.9. The first kappa shape index (κ1) is 13.0. The van der Waals surface area contributed by atoms with Crippen molar-refractivity contribution in [2.75, 3.05) is 13.7 Å². The highest BCUT2D eigenvalue weighted by Gasteiger charge is 2.14. The van der Waals surface area contributed by atoms with Crippen LogP contribution in [0.2, 0.25) is 0 Å². The van der Waals surface area contributed by atoms with Crippen molar-refractivity contribution in [2.24, 2.45) is 5.92 Å². The average molecular weight is 225 g/mol. The molecule has 1 rings (SSSR count). The van der Waals surface area contributed by atoms with Gasteiger partial charge in [0.1, 0.15) is 18.2 Å². The molecule has 0 saturated carbocycles. The monoisotopic (exact) mass is 225 g/mol. The second-order valence-electron chi connectivity index (χ2n) is 4.05. The van der Waals surface area contributed by atoms with Gasteiger partial charge in [0.05, 0.1) is 0 Å².